The summed E-state index contributed by atoms with van der Waals surface area (Å²) in [5.74, 6) is 1.08. The second kappa shape index (κ2) is 5.98. The molecule has 1 aromatic carbocycles. The second-order valence-corrected chi connectivity index (χ2v) is 6.76. The highest BCUT2D eigenvalue weighted by atomic mass is 16.3. The van der Waals surface area contributed by atoms with Crippen LogP contribution in [0.5, 0.6) is 0 Å². The fraction of sp³-hybridized carbons (Fsp3) is 0.529. The van der Waals surface area contributed by atoms with E-state index in [-0.39, 0.29) is 0 Å². The number of furan rings is 1. The molecule has 0 atom stereocenters. The molecule has 0 aliphatic rings. The van der Waals surface area contributed by atoms with Gasteiger partial charge in [0, 0.05) is 24.0 Å². The third kappa shape index (κ3) is 3.62. The minimum Gasteiger partial charge on any atom is -0.459 e. The van der Waals surface area contributed by atoms with Crippen LogP contribution in [0.15, 0.2) is 28.7 Å². The first kappa shape index (κ1) is 15.1. The minimum atomic E-state index is 0.296. The zero-order valence-corrected chi connectivity index (χ0v) is 13.3. The Morgan fingerprint density at radius 2 is 1.90 bits per heavy atom. The van der Waals surface area contributed by atoms with Gasteiger partial charge in [-0.3, -0.25) is 4.90 Å². The maximum atomic E-state index is 6.06. The summed E-state index contributed by atoms with van der Waals surface area (Å²) in [5, 5.41) is 4.47. The monoisotopic (exact) mass is 274 g/mol. The molecule has 0 bridgehead atoms. The number of nitrogens with zero attached hydrogens (tertiary/aromatic N) is 1. The molecule has 0 saturated heterocycles. The van der Waals surface area contributed by atoms with Crippen LogP contribution in [0.3, 0.4) is 0 Å². The molecule has 3 nitrogen and oxygen atoms in total. The topological polar surface area (TPSA) is 28.4 Å². The number of para-hydroxylation sites is 1. The van der Waals surface area contributed by atoms with Crippen LogP contribution < -0.4 is 5.32 Å². The summed E-state index contributed by atoms with van der Waals surface area (Å²) in [6.07, 6.45) is 0. The van der Waals surface area contributed by atoms with Gasteiger partial charge in [-0.1, -0.05) is 39.0 Å². The highest BCUT2D eigenvalue weighted by molar-refractivity contribution is 5.82. The van der Waals surface area contributed by atoms with Gasteiger partial charge in [0.25, 0.3) is 0 Å². The highest BCUT2D eigenvalue weighted by Crippen LogP contribution is 2.27. The molecule has 0 radical (unpaired) electrons. The van der Waals surface area contributed by atoms with Gasteiger partial charge in [-0.25, -0.2) is 0 Å². The Bertz CT molecular complexity index is 566. The molecular formula is C17H26N2O. The SMILES string of the molecule is CNCc1c(CN(C)CC(C)(C)C)oc2ccccc12. The van der Waals surface area contributed by atoms with E-state index in [0.717, 1.165) is 31.0 Å². The number of hydrogen-bond acceptors (Lipinski definition) is 3. The van der Waals surface area contributed by atoms with Crippen molar-refractivity contribution >= 4 is 11.0 Å². The Morgan fingerprint density at radius 1 is 1.20 bits per heavy atom. The lowest BCUT2D eigenvalue weighted by molar-refractivity contribution is 0.208. The van der Waals surface area contributed by atoms with Crippen molar-refractivity contribution in [1.29, 1.82) is 0 Å². The molecule has 0 unspecified atom stereocenters. The molecular weight excluding hydrogens is 248 g/mol. The number of fused-ring (bicyclic) bond motifs is 1. The average Bonchev–Trinajstić information content (AvgIpc) is 2.66. The fourth-order valence-electron chi connectivity index (χ4n) is 2.76. The van der Waals surface area contributed by atoms with E-state index < -0.39 is 0 Å². The standard InChI is InChI=1S/C17H26N2O/c1-17(2,3)12-19(5)11-16-14(10-18-4)13-8-6-7-9-15(13)20-16/h6-9,18H,10-12H2,1-5H3. The van der Waals surface area contributed by atoms with Crippen LogP contribution in [0.25, 0.3) is 11.0 Å². The van der Waals surface area contributed by atoms with Crippen molar-refractivity contribution in [3.05, 3.63) is 35.6 Å². The molecule has 1 N–H and O–H groups in total. The highest BCUT2D eigenvalue weighted by Gasteiger charge is 2.18. The predicted octanol–water partition coefficient (Wildman–Crippen LogP) is 3.63. The lowest BCUT2D eigenvalue weighted by atomic mass is 9.96. The zero-order chi connectivity index (χ0) is 14.8. The smallest absolute Gasteiger partial charge is 0.134 e. The summed E-state index contributed by atoms with van der Waals surface area (Å²) in [7, 11) is 4.13. The van der Waals surface area contributed by atoms with Crippen molar-refractivity contribution in [2.24, 2.45) is 5.41 Å². The third-order valence-electron chi connectivity index (χ3n) is 3.29. The van der Waals surface area contributed by atoms with Crippen molar-refractivity contribution in [3.8, 4) is 0 Å². The van der Waals surface area contributed by atoms with Gasteiger partial charge >= 0.3 is 0 Å². The summed E-state index contributed by atoms with van der Waals surface area (Å²) in [6, 6.07) is 8.28. The van der Waals surface area contributed by atoms with Crippen LogP contribution in [0, 0.1) is 5.41 Å². The third-order valence-corrected chi connectivity index (χ3v) is 3.29. The van der Waals surface area contributed by atoms with Gasteiger partial charge in [0.05, 0.1) is 6.54 Å². The predicted molar refractivity (Wildman–Crippen MR) is 84.8 cm³/mol. The molecule has 0 spiro atoms. The Morgan fingerprint density at radius 3 is 2.55 bits per heavy atom. The van der Waals surface area contributed by atoms with Crippen molar-refractivity contribution in [3.63, 3.8) is 0 Å². The first-order chi connectivity index (χ1) is 9.40. The van der Waals surface area contributed by atoms with Gasteiger partial charge in [0.15, 0.2) is 0 Å². The number of rotatable bonds is 5. The Kier molecular flexibility index (Phi) is 4.51. The van der Waals surface area contributed by atoms with Crippen LogP contribution in [0.4, 0.5) is 0 Å². The van der Waals surface area contributed by atoms with Crippen molar-refractivity contribution in [2.45, 2.75) is 33.9 Å². The largest absolute Gasteiger partial charge is 0.459 e. The van der Waals surface area contributed by atoms with Crippen LogP contribution in [-0.4, -0.2) is 25.5 Å². The van der Waals surface area contributed by atoms with E-state index in [1.54, 1.807) is 0 Å². The van der Waals surface area contributed by atoms with E-state index in [4.69, 9.17) is 4.42 Å². The quantitative estimate of drug-likeness (QED) is 0.902. The van der Waals surface area contributed by atoms with Crippen molar-refractivity contribution in [1.82, 2.24) is 10.2 Å². The summed E-state index contributed by atoms with van der Waals surface area (Å²) in [4.78, 5) is 2.33. The molecule has 2 aromatic rings. The van der Waals surface area contributed by atoms with Gasteiger partial charge in [-0.05, 0) is 25.6 Å². The molecule has 0 aliphatic heterocycles. The first-order valence-corrected chi connectivity index (χ1v) is 7.23. The molecule has 0 aliphatic carbocycles. The number of nitrogens with one attached hydrogen (secondary N) is 1. The lowest BCUT2D eigenvalue weighted by Gasteiger charge is -2.26. The number of benzene rings is 1. The molecule has 2 rings (SSSR count). The van der Waals surface area contributed by atoms with Crippen LogP contribution in [0.1, 0.15) is 32.1 Å². The van der Waals surface area contributed by atoms with Gasteiger partial charge in [-0.2, -0.15) is 0 Å². The maximum absolute atomic E-state index is 6.06. The van der Waals surface area contributed by atoms with E-state index >= 15 is 0 Å². The van der Waals surface area contributed by atoms with Crippen LogP contribution in [-0.2, 0) is 13.1 Å². The van der Waals surface area contributed by atoms with E-state index in [9.17, 15) is 0 Å². The maximum Gasteiger partial charge on any atom is 0.134 e. The summed E-state index contributed by atoms with van der Waals surface area (Å²) < 4.78 is 6.06. The van der Waals surface area contributed by atoms with Crippen LogP contribution >= 0.6 is 0 Å². The fourth-order valence-corrected chi connectivity index (χ4v) is 2.76. The average molecular weight is 274 g/mol. The lowest BCUT2D eigenvalue weighted by Crippen LogP contribution is -2.29. The van der Waals surface area contributed by atoms with Gasteiger partial charge in [0.2, 0.25) is 0 Å². The minimum absolute atomic E-state index is 0.296. The van der Waals surface area contributed by atoms with Crippen molar-refractivity contribution in [2.75, 3.05) is 20.6 Å². The second-order valence-electron chi connectivity index (χ2n) is 6.76. The molecule has 1 aromatic heterocycles. The summed E-state index contributed by atoms with van der Waals surface area (Å²) in [6.45, 7) is 9.52. The van der Waals surface area contributed by atoms with Gasteiger partial charge < -0.3 is 9.73 Å². The Balaban J connectivity index is 2.26. The van der Waals surface area contributed by atoms with Gasteiger partial charge in [0.1, 0.15) is 11.3 Å². The molecule has 0 amide bonds. The Labute approximate surface area is 122 Å². The molecule has 20 heavy (non-hydrogen) atoms. The molecule has 3 heteroatoms. The van der Waals surface area contributed by atoms with E-state index in [1.807, 2.05) is 19.2 Å². The molecule has 0 saturated carbocycles. The number of hydrogen-bond donors (Lipinski definition) is 1. The van der Waals surface area contributed by atoms with E-state index in [1.165, 1.54) is 10.9 Å². The summed E-state index contributed by atoms with van der Waals surface area (Å²) in [5.41, 5.74) is 2.56. The van der Waals surface area contributed by atoms with Crippen molar-refractivity contribution < 1.29 is 4.42 Å². The molecule has 1 heterocycles. The van der Waals surface area contributed by atoms with E-state index in [2.05, 4.69) is 50.2 Å². The van der Waals surface area contributed by atoms with Gasteiger partial charge in [-0.15, -0.1) is 0 Å². The first-order valence-electron chi connectivity index (χ1n) is 7.23. The normalized spacial score (nSPS) is 12.5. The molecule has 0 fully saturated rings. The van der Waals surface area contributed by atoms with Crippen LogP contribution in [0.2, 0.25) is 0 Å². The van der Waals surface area contributed by atoms with E-state index in [0.29, 0.717) is 5.41 Å². The zero-order valence-electron chi connectivity index (χ0n) is 13.3. The summed E-state index contributed by atoms with van der Waals surface area (Å²) >= 11 is 0. The Hall–Kier alpha value is -1.32. The molecule has 110 valence electrons.